The van der Waals surface area contributed by atoms with E-state index in [1.807, 2.05) is 0 Å². The fourth-order valence-corrected chi connectivity index (χ4v) is 3.70. The Hall–Kier alpha value is -0.0800. The third-order valence-electron chi connectivity index (χ3n) is 4.76. The molecule has 0 spiro atoms. The largest absolute Gasteiger partial charge is 0.313 e. The second kappa shape index (κ2) is 6.75. The van der Waals surface area contributed by atoms with Gasteiger partial charge in [-0.25, -0.2) is 0 Å². The summed E-state index contributed by atoms with van der Waals surface area (Å²) in [5.41, 5.74) is 0. The molecule has 1 N–H and O–H groups in total. The van der Waals surface area contributed by atoms with E-state index < -0.39 is 0 Å². The van der Waals surface area contributed by atoms with Crippen molar-refractivity contribution in [1.29, 1.82) is 0 Å². The number of hydrogen-bond acceptors (Lipinski definition) is 2. The van der Waals surface area contributed by atoms with Crippen LogP contribution in [0.25, 0.3) is 0 Å². The molecular weight excluding hydrogens is 208 g/mol. The van der Waals surface area contributed by atoms with E-state index in [1.54, 1.807) is 0 Å². The van der Waals surface area contributed by atoms with Crippen LogP contribution in [-0.4, -0.2) is 36.6 Å². The van der Waals surface area contributed by atoms with E-state index in [0.29, 0.717) is 0 Å². The molecule has 0 aromatic heterocycles. The minimum Gasteiger partial charge on any atom is -0.313 e. The fraction of sp³-hybridized carbons (Fsp3) is 1.00. The van der Waals surface area contributed by atoms with Gasteiger partial charge in [-0.2, -0.15) is 0 Å². The van der Waals surface area contributed by atoms with Crippen LogP contribution in [-0.2, 0) is 0 Å². The van der Waals surface area contributed by atoms with Gasteiger partial charge in [-0.05, 0) is 51.1 Å². The van der Waals surface area contributed by atoms with Crippen LogP contribution in [0.2, 0.25) is 0 Å². The first kappa shape index (κ1) is 13.4. The lowest BCUT2D eigenvalue weighted by atomic mass is 9.85. The van der Waals surface area contributed by atoms with Crippen molar-refractivity contribution in [3.05, 3.63) is 0 Å². The first-order valence-electron chi connectivity index (χ1n) is 7.82. The predicted octanol–water partition coefficient (Wildman–Crippen LogP) is 3.03. The van der Waals surface area contributed by atoms with Gasteiger partial charge in [-0.1, -0.05) is 26.7 Å². The van der Waals surface area contributed by atoms with Crippen LogP contribution in [0.3, 0.4) is 0 Å². The molecular formula is C15H30N2. The Morgan fingerprint density at radius 2 is 2.00 bits per heavy atom. The van der Waals surface area contributed by atoms with Crippen molar-refractivity contribution in [1.82, 2.24) is 10.2 Å². The quantitative estimate of drug-likeness (QED) is 0.765. The average molecular weight is 238 g/mol. The molecule has 2 nitrogen and oxygen atoms in total. The number of likely N-dealkylation sites (tertiary alicyclic amines) is 1. The van der Waals surface area contributed by atoms with Gasteiger partial charge >= 0.3 is 0 Å². The molecule has 1 aliphatic heterocycles. The van der Waals surface area contributed by atoms with Crippen molar-refractivity contribution in [2.75, 3.05) is 19.6 Å². The average Bonchev–Trinajstić information content (AvgIpc) is 2.78. The monoisotopic (exact) mass is 238 g/mol. The van der Waals surface area contributed by atoms with Crippen molar-refractivity contribution in [2.24, 2.45) is 5.92 Å². The van der Waals surface area contributed by atoms with Crippen molar-refractivity contribution in [3.8, 4) is 0 Å². The third-order valence-corrected chi connectivity index (χ3v) is 4.76. The molecule has 1 aliphatic carbocycles. The Kier molecular flexibility index (Phi) is 5.30. The van der Waals surface area contributed by atoms with Crippen LogP contribution in [0.5, 0.6) is 0 Å². The smallest absolute Gasteiger partial charge is 0.0192 e. The summed E-state index contributed by atoms with van der Waals surface area (Å²) in [6.45, 7) is 8.41. The van der Waals surface area contributed by atoms with Crippen LogP contribution >= 0.6 is 0 Å². The van der Waals surface area contributed by atoms with Gasteiger partial charge in [0.1, 0.15) is 0 Å². The molecule has 0 radical (unpaired) electrons. The third kappa shape index (κ3) is 3.45. The number of nitrogens with zero attached hydrogens (tertiary/aromatic N) is 1. The first-order chi connectivity index (χ1) is 8.35. The van der Waals surface area contributed by atoms with Crippen molar-refractivity contribution >= 4 is 0 Å². The summed E-state index contributed by atoms with van der Waals surface area (Å²) in [4.78, 5) is 2.79. The van der Waals surface area contributed by atoms with Crippen molar-refractivity contribution in [2.45, 2.75) is 70.9 Å². The van der Waals surface area contributed by atoms with Crippen molar-refractivity contribution < 1.29 is 0 Å². The molecule has 2 fully saturated rings. The van der Waals surface area contributed by atoms with Gasteiger partial charge < -0.3 is 5.32 Å². The molecule has 1 saturated heterocycles. The van der Waals surface area contributed by atoms with E-state index >= 15 is 0 Å². The molecule has 2 aliphatic rings. The number of nitrogens with one attached hydrogen (secondary N) is 1. The Labute approximate surface area is 107 Å². The van der Waals surface area contributed by atoms with Gasteiger partial charge in [0.05, 0.1) is 0 Å². The van der Waals surface area contributed by atoms with E-state index in [2.05, 4.69) is 24.1 Å². The van der Waals surface area contributed by atoms with Crippen LogP contribution in [0, 0.1) is 5.92 Å². The summed E-state index contributed by atoms with van der Waals surface area (Å²) in [5, 5.41) is 3.70. The minimum absolute atomic E-state index is 0.718. The molecule has 3 atom stereocenters. The van der Waals surface area contributed by atoms with Gasteiger partial charge in [0.25, 0.3) is 0 Å². The zero-order chi connectivity index (χ0) is 12.1. The molecule has 1 saturated carbocycles. The maximum atomic E-state index is 3.70. The summed E-state index contributed by atoms with van der Waals surface area (Å²) in [6.07, 6.45) is 9.91. The normalized spacial score (nSPS) is 31.4. The van der Waals surface area contributed by atoms with Gasteiger partial charge in [0, 0.05) is 18.6 Å². The summed E-state index contributed by atoms with van der Waals surface area (Å²) < 4.78 is 0. The lowest BCUT2D eigenvalue weighted by molar-refractivity contribution is 0.166. The van der Waals surface area contributed by atoms with E-state index in [9.17, 15) is 0 Å². The summed E-state index contributed by atoms with van der Waals surface area (Å²) in [6, 6.07) is 1.65. The Bertz CT molecular complexity index is 217. The van der Waals surface area contributed by atoms with Gasteiger partial charge in [-0.3, -0.25) is 4.90 Å². The molecule has 17 heavy (non-hydrogen) atoms. The topological polar surface area (TPSA) is 15.3 Å². The molecule has 100 valence electrons. The Morgan fingerprint density at radius 1 is 1.18 bits per heavy atom. The van der Waals surface area contributed by atoms with E-state index in [-0.39, 0.29) is 0 Å². The predicted molar refractivity (Wildman–Crippen MR) is 74.3 cm³/mol. The molecule has 0 amide bonds. The highest BCUT2D eigenvalue weighted by molar-refractivity contribution is 4.91. The number of fused-ring (bicyclic) bond motifs is 1. The van der Waals surface area contributed by atoms with Crippen LogP contribution < -0.4 is 5.32 Å². The van der Waals surface area contributed by atoms with Gasteiger partial charge in [0.15, 0.2) is 0 Å². The van der Waals surface area contributed by atoms with E-state index in [4.69, 9.17) is 0 Å². The molecule has 0 aromatic rings. The van der Waals surface area contributed by atoms with Crippen LogP contribution in [0.1, 0.15) is 58.8 Å². The van der Waals surface area contributed by atoms with E-state index in [1.165, 1.54) is 64.6 Å². The van der Waals surface area contributed by atoms with Gasteiger partial charge in [0.2, 0.25) is 0 Å². The number of rotatable bonds is 6. The maximum Gasteiger partial charge on any atom is 0.0192 e. The Balaban J connectivity index is 1.80. The molecule has 0 bridgehead atoms. The second-order valence-corrected chi connectivity index (χ2v) is 5.95. The highest BCUT2D eigenvalue weighted by Gasteiger charge is 2.35. The van der Waals surface area contributed by atoms with E-state index in [0.717, 1.165) is 18.0 Å². The molecule has 2 rings (SSSR count). The Morgan fingerprint density at radius 3 is 2.76 bits per heavy atom. The standard InChI is InChI=1S/C15H30N2/c1-3-10-16-14(4-2)12-17-11-9-13-7-5-6-8-15(13)17/h13-16H,3-12H2,1-2H3. The molecule has 2 heteroatoms. The maximum absolute atomic E-state index is 3.70. The SMILES string of the molecule is CCCNC(CC)CN1CCC2CCCCC21. The summed E-state index contributed by atoms with van der Waals surface area (Å²) >= 11 is 0. The second-order valence-electron chi connectivity index (χ2n) is 5.95. The summed E-state index contributed by atoms with van der Waals surface area (Å²) in [7, 11) is 0. The zero-order valence-electron chi connectivity index (χ0n) is 11.8. The van der Waals surface area contributed by atoms with Crippen LogP contribution in [0.15, 0.2) is 0 Å². The van der Waals surface area contributed by atoms with Crippen molar-refractivity contribution in [3.63, 3.8) is 0 Å². The molecule has 1 heterocycles. The number of hydrogen-bond donors (Lipinski definition) is 1. The van der Waals surface area contributed by atoms with Crippen LogP contribution in [0.4, 0.5) is 0 Å². The highest BCUT2D eigenvalue weighted by atomic mass is 15.2. The summed E-state index contributed by atoms with van der Waals surface area (Å²) in [5.74, 6) is 1.03. The molecule has 0 aromatic carbocycles. The highest BCUT2D eigenvalue weighted by Crippen LogP contribution is 2.36. The first-order valence-corrected chi connectivity index (χ1v) is 7.82. The fourth-order valence-electron chi connectivity index (χ4n) is 3.70. The molecule has 3 unspecified atom stereocenters. The zero-order valence-corrected chi connectivity index (χ0v) is 11.8. The lowest BCUT2D eigenvalue weighted by Gasteiger charge is -2.34. The minimum atomic E-state index is 0.718. The van der Waals surface area contributed by atoms with Gasteiger partial charge in [-0.15, -0.1) is 0 Å². The lowest BCUT2D eigenvalue weighted by Crippen LogP contribution is -2.44.